The zero-order valence-electron chi connectivity index (χ0n) is 7.14. The molecule has 2 N–H and O–H groups in total. The first-order valence-electron chi connectivity index (χ1n) is 3.80. The molecule has 0 aromatic rings. The maximum absolute atomic E-state index is 10.9. The topological polar surface area (TPSA) is 87.1 Å². The minimum Gasteiger partial charge on any atom is -0.474 e. The maximum atomic E-state index is 10.9. The Labute approximate surface area is 74.7 Å². The van der Waals surface area contributed by atoms with Gasteiger partial charge in [-0.1, -0.05) is 0 Å². The van der Waals surface area contributed by atoms with E-state index in [0.29, 0.717) is 0 Å². The number of carbonyl (C=O) groups is 2. The third-order valence-corrected chi connectivity index (χ3v) is 2.02. The van der Waals surface area contributed by atoms with E-state index in [9.17, 15) is 14.7 Å². The van der Waals surface area contributed by atoms with E-state index in [1.165, 1.54) is 7.05 Å². The number of carboxylic acid groups (broad SMARTS) is 1. The molecule has 0 aromatic carbocycles. The van der Waals surface area contributed by atoms with Crippen molar-refractivity contribution in [2.24, 2.45) is 0 Å². The second kappa shape index (κ2) is 3.71. The van der Waals surface area contributed by atoms with Crippen LogP contribution < -0.4 is 0 Å². The van der Waals surface area contributed by atoms with E-state index in [1.54, 1.807) is 0 Å². The van der Waals surface area contributed by atoms with Gasteiger partial charge in [0.15, 0.2) is 0 Å². The van der Waals surface area contributed by atoms with Crippen LogP contribution in [-0.4, -0.2) is 59.4 Å². The Morgan fingerprint density at radius 1 is 1.46 bits per heavy atom. The normalized spacial score (nSPS) is 27.2. The van der Waals surface area contributed by atoms with E-state index >= 15 is 0 Å². The van der Waals surface area contributed by atoms with Crippen LogP contribution in [-0.2, 0) is 14.3 Å². The van der Waals surface area contributed by atoms with Gasteiger partial charge < -0.3 is 19.8 Å². The van der Waals surface area contributed by atoms with Crippen molar-refractivity contribution in [2.45, 2.75) is 12.1 Å². The molecule has 1 heterocycles. The number of aliphatic carboxylic acids is 1. The van der Waals surface area contributed by atoms with Crippen LogP contribution in [0.15, 0.2) is 0 Å². The fourth-order valence-corrected chi connectivity index (χ4v) is 1.20. The summed E-state index contributed by atoms with van der Waals surface area (Å²) in [6.07, 6.45) is -0.798. The van der Waals surface area contributed by atoms with Crippen molar-refractivity contribution in [3.63, 3.8) is 0 Å². The fourth-order valence-electron chi connectivity index (χ4n) is 1.20. The van der Waals surface area contributed by atoms with Crippen LogP contribution in [0.3, 0.4) is 0 Å². The second-order valence-corrected chi connectivity index (χ2v) is 2.89. The summed E-state index contributed by atoms with van der Waals surface area (Å²) in [5.41, 5.74) is 0. The molecule has 1 aliphatic heterocycles. The maximum Gasteiger partial charge on any atom is 0.394 e. The monoisotopic (exact) mass is 189 g/mol. The van der Waals surface area contributed by atoms with Crippen LogP contribution in [0.5, 0.6) is 0 Å². The van der Waals surface area contributed by atoms with Crippen LogP contribution in [0.25, 0.3) is 0 Å². The lowest BCUT2D eigenvalue weighted by Crippen LogP contribution is -2.46. The van der Waals surface area contributed by atoms with Crippen molar-refractivity contribution in [1.82, 2.24) is 4.90 Å². The van der Waals surface area contributed by atoms with Gasteiger partial charge in [0.05, 0.1) is 25.4 Å². The van der Waals surface area contributed by atoms with E-state index < -0.39 is 24.0 Å². The van der Waals surface area contributed by atoms with Gasteiger partial charge in [-0.15, -0.1) is 0 Å². The quantitative estimate of drug-likeness (QED) is 0.479. The molecule has 0 bridgehead atoms. The lowest BCUT2D eigenvalue weighted by atomic mass is 10.2. The summed E-state index contributed by atoms with van der Waals surface area (Å²) >= 11 is 0. The van der Waals surface area contributed by atoms with Gasteiger partial charge in [-0.25, -0.2) is 4.79 Å². The molecule has 1 rings (SSSR count). The van der Waals surface area contributed by atoms with Crippen molar-refractivity contribution in [2.75, 3.05) is 20.3 Å². The van der Waals surface area contributed by atoms with Gasteiger partial charge in [0, 0.05) is 7.05 Å². The van der Waals surface area contributed by atoms with Crippen LogP contribution >= 0.6 is 0 Å². The molecule has 1 fully saturated rings. The zero-order chi connectivity index (χ0) is 10.0. The van der Waals surface area contributed by atoms with Crippen LogP contribution in [0, 0.1) is 0 Å². The van der Waals surface area contributed by atoms with Gasteiger partial charge in [0.25, 0.3) is 0 Å². The highest BCUT2D eigenvalue weighted by Crippen LogP contribution is 2.11. The fraction of sp³-hybridized carbons (Fsp3) is 0.714. The highest BCUT2D eigenvalue weighted by atomic mass is 16.5. The Morgan fingerprint density at radius 3 is 2.46 bits per heavy atom. The van der Waals surface area contributed by atoms with Gasteiger partial charge in [0.2, 0.25) is 0 Å². The van der Waals surface area contributed by atoms with E-state index in [1.807, 2.05) is 0 Å². The average Bonchev–Trinajstić information content (AvgIpc) is 2.48. The summed E-state index contributed by atoms with van der Waals surface area (Å²) in [4.78, 5) is 22.2. The molecule has 74 valence electrons. The predicted octanol–water partition coefficient (Wildman–Crippen LogP) is -1.71. The number of aliphatic hydroxyl groups excluding tert-OH is 1. The highest BCUT2D eigenvalue weighted by Gasteiger charge is 2.34. The molecular formula is C7H11NO5. The number of hydrogen-bond donors (Lipinski definition) is 2. The van der Waals surface area contributed by atoms with Crippen LogP contribution in [0.2, 0.25) is 0 Å². The van der Waals surface area contributed by atoms with E-state index in [2.05, 4.69) is 0 Å². The molecule has 0 aliphatic carbocycles. The Hall–Kier alpha value is -1.14. The number of carboxylic acids is 1. The van der Waals surface area contributed by atoms with Crippen LogP contribution in [0.1, 0.15) is 0 Å². The molecule has 0 aromatic heterocycles. The molecule has 0 unspecified atom stereocenters. The molecule has 2 atom stereocenters. The van der Waals surface area contributed by atoms with E-state index in [4.69, 9.17) is 9.84 Å². The Balaban J connectivity index is 2.61. The number of rotatable bonds is 1. The van der Waals surface area contributed by atoms with Crippen molar-refractivity contribution < 1.29 is 24.5 Å². The number of nitrogens with zero attached hydrogens (tertiary/aromatic N) is 1. The summed E-state index contributed by atoms with van der Waals surface area (Å²) < 4.78 is 4.88. The Bertz CT molecular complexity index is 229. The van der Waals surface area contributed by atoms with Crippen molar-refractivity contribution in [3.05, 3.63) is 0 Å². The van der Waals surface area contributed by atoms with E-state index in [-0.39, 0.29) is 13.2 Å². The number of carbonyl (C=O) groups excluding carboxylic acids is 1. The standard InChI is InChI=1S/C7H11NO5/c1-8(6(10)7(11)12)4-2-13-3-5(4)9/h4-5,9H,2-3H2,1H3,(H,11,12)/t4-,5-/m1/s1. The number of amides is 1. The molecule has 1 amide bonds. The SMILES string of the molecule is CN(C(=O)C(=O)O)[C@@H]1COC[C@H]1O. The molecular weight excluding hydrogens is 178 g/mol. The molecule has 0 radical (unpaired) electrons. The minimum absolute atomic E-state index is 0.141. The second-order valence-electron chi connectivity index (χ2n) is 2.89. The number of likely N-dealkylation sites (N-methyl/N-ethyl adjacent to an activating group) is 1. The zero-order valence-corrected chi connectivity index (χ0v) is 7.14. The van der Waals surface area contributed by atoms with Crippen molar-refractivity contribution in [1.29, 1.82) is 0 Å². The van der Waals surface area contributed by atoms with Gasteiger partial charge in [-0.05, 0) is 0 Å². The van der Waals surface area contributed by atoms with Gasteiger partial charge in [0.1, 0.15) is 0 Å². The first-order chi connectivity index (χ1) is 6.04. The molecule has 0 saturated carbocycles. The molecule has 6 nitrogen and oxygen atoms in total. The van der Waals surface area contributed by atoms with Crippen molar-refractivity contribution >= 4 is 11.9 Å². The third kappa shape index (κ3) is 1.96. The van der Waals surface area contributed by atoms with Crippen LogP contribution in [0.4, 0.5) is 0 Å². The average molecular weight is 189 g/mol. The molecule has 1 aliphatic rings. The number of aliphatic hydroxyl groups is 1. The largest absolute Gasteiger partial charge is 0.474 e. The smallest absolute Gasteiger partial charge is 0.394 e. The van der Waals surface area contributed by atoms with Gasteiger partial charge in [-0.3, -0.25) is 4.79 Å². The molecule has 6 heteroatoms. The molecule has 13 heavy (non-hydrogen) atoms. The highest BCUT2D eigenvalue weighted by molar-refractivity contribution is 6.31. The minimum atomic E-state index is -1.53. The number of hydrogen-bond acceptors (Lipinski definition) is 4. The van der Waals surface area contributed by atoms with Crippen molar-refractivity contribution in [3.8, 4) is 0 Å². The van der Waals surface area contributed by atoms with E-state index in [0.717, 1.165) is 4.90 Å². The third-order valence-electron chi connectivity index (χ3n) is 2.02. The Kier molecular flexibility index (Phi) is 2.84. The molecule has 1 saturated heterocycles. The van der Waals surface area contributed by atoms with Gasteiger partial charge >= 0.3 is 11.9 Å². The first kappa shape index (κ1) is 9.94. The first-order valence-corrected chi connectivity index (χ1v) is 3.80. The summed E-state index contributed by atoms with van der Waals surface area (Å²) in [6.45, 7) is 0.318. The Morgan fingerprint density at radius 2 is 2.08 bits per heavy atom. The number of ether oxygens (including phenoxy) is 1. The van der Waals surface area contributed by atoms with Gasteiger partial charge in [-0.2, -0.15) is 0 Å². The summed E-state index contributed by atoms with van der Waals surface area (Å²) in [6, 6.07) is -0.552. The lowest BCUT2D eigenvalue weighted by Gasteiger charge is -2.23. The summed E-state index contributed by atoms with van der Waals surface area (Å²) in [7, 11) is 1.33. The molecule has 0 spiro atoms. The lowest BCUT2D eigenvalue weighted by molar-refractivity contribution is -0.157. The summed E-state index contributed by atoms with van der Waals surface area (Å²) in [5, 5.41) is 17.7. The predicted molar refractivity (Wildman–Crippen MR) is 41.0 cm³/mol. The summed E-state index contributed by atoms with van der Waals surface area (Å²) in [5.74, 6) is -2.56.